The summed E-state index contributed by atoms with van der Waals surface area (Å²) in [6, 6.07) is 9.09. The van der Waals surface area contributed by atoms with Gasteiger partial charge in [0, 0.05) is 11.1 Å². The highest BCUT2D eigenvalue weighted by Crippen LogP contribution is 2.38. The molecule has 1 aliphatic heterocycles. The Labute approximate surface area is 171 Å². The Bertz CT molecular complexity index is 1110. The molecule has 1 N–H and O–H groups in total. The van der Waals surface area contributed by atoms with Crippen LogP contribution in [0.15, 0.2) is 30.3 Å². The lowest BCUT2D eigenvalue weighted by Gasteiger charge is -2.25. The molecule has 1 atom stereocenters. The third kappa shape index (κ3) is 3.63. The number of rotatable bonds is 4. The molecule has 1 aromatic carbocycles. The van der Waals surface area contributed by atoms with Crippen molar-refractivity contribution < 1.29 is 23.8 Å². The van der Waals surface area contributed by atoms with E-state index in [4.69, 9.17) is 14.2 Å². The Balaban J connectivity index is 1.68. The molecule has 7 nitrogen and oxygen atoms in total. The highest BCUT2D eigenvalue weighted by molar-refractivity contribution is 7.21. The van der Waals surface area contributed by atoms with E-state index in [0.29, 0.717) is 26.9 Å². The van der Waals surface area contributed by atoms with Crippen molar-refractivity contribution in [2.45, 2.75) is 26.9 Å². The van der Waals surface area contributed by atoms with Crippen molar-refractivity contribution in [1.29, 1.82) is 0 Å². The fraction of sp³-hybridized carbons (Fsp3) is 0.286. The van der Waals surface area contributed by atoms with Gasteiger partial charge in [-0.05, 0) is 44.5 Å². The van der Waals surface area contributed by atoms with E-state index in [-0.39, 0.29) is 13.2 Å². The van der Waals surface area contributed by atoms with Crippen LogP contribution in [0.4, 0.5) is 5.69 Å². The molecule has 3 heterocycles. The summed E-state index contributed by atoms with van der Waals surface area (Å²) in [6.07, 6.45) is -0.839. The van der Waals surface area contributed by atoms with E-state index >= 15 is 0 Å². The molecule has 1 aliphatic rings. The van der Waals surface area contributed by atoms with Crippen molar-refractivity contribution in [2.75, 3.05) is 18.5 Å². The molecule has 2 aromatic heterocycles. The number of para-hydroxylation sites is 2. The van der Waals surface area contributed by atoms with Crippen LogP contribution in [0.25, 0.3) is 10.2 Å². The quantitative estimate of drug-likeness (QED) is 0.655. The normalized spacial score (nSPS) is 15.2. The first-order valence-electron chi connectivity index (χ1n) is 9.25. The number of thiophene rings is 1. The van der Waals surface area contributed by atoms with Crippen LogP contribution in [0.5, 0.6) is 11.5 Å². The summed E-state index contributed by atoms with van der Waals surface area (Å²) in [7, 11) is 0. The monoisotopic (exact) mass is 412 g/mol. The number of aromatic nitrogens is 1. The van der Waals surface area contributed by atoms with Gasteiger partial charge < -0.3 is 19.5 Å². The molecule has 150 valence electrons. The minimum Gasteiger partial charge on any atom is -0.485 e. The molecule has 3 aromatic rings. The van der Waals surface area contributed by atoms with Gasteiger partial charge in [-0.2, -0.15) is 0 Å². The van der Waals surface area contributed by atoms with Crippen LogP contribution in [0.2, 0.25) is 0 Å². The number of hydrogen-bond acceptors (Lipinski definition) is 7. The second-order valence-corrected chi connectivity index (χ2v) is 7.64. The van der Waals surface area contributed by atoms with Crippen molar-refractivity contribution in [3.8, 4) is 11.5 Å². The average molecular weight is 412 g/mol. The molecule has 0 spiro atoms. The maximum absolute atomic E-state index is 12.9. The zero-order valence-corrected chi connectivity index (χ0v) is 17.1. The van der Waals surface area contributed by atoms with Crippen LogP contribution in [0.1, 0.15) is 27.9 Å². The predicted octanol–water partition coefficient (Wildman–Crippen LogP) is 3.87. The standard InChI is InChI=1S/C21H20N2O5S/c1-4-26-21(25)18-17(16-11(2)9-12(3)22-20(16)29-18)23-19(24)15-10-27-13-7-5-6-8-14(13)28-15/h5-9,15H,4,10H2,1-3H3,(H,23,24)/t15-/m1/s1. The zero-order chi connectivity index (χ0) is 20.5. The van der Waals surface area contributed by atoms with E-state index in [2.05, 4.69) is 10.3 Å². The second kappa shape index (κ2) is 7.71. The van der Waals surface area contributed by atoms with Crippen LogP contribution in [-0.4, -0.2) is 36.2 Å². The Morgan fingerprint density at radius 2 is 2.03 bits per heavy atom. The molecule has 0 saturated carbocycles. The van der Waals surface area contributed by atoms with Gasteiger partial charge in [-0.15, -0.1) is 11.3 Å². The smallest absolute Gasteiger partial charge is 0.350 e. The largest absolute Gasteiger partial charge is 0.485 e. The van der Waals surface area contributed by atoms with E-state index in [1.807, 2.05) is 32.0 Å². The highest BCUT2D eigenvalue weighted by Gasteiger charge is 2.30. The van der Waals surface area contributed by atoms with Crippen molar-refractivity contribution in [3.05, 3.63) is 46.5 Å². The van der Waals surface area contributed by atoms with Gasteiger partial charge in [0.05, 0.1) is 12.3 Å². The number of nitrogens with zero attached hydrogens (tertiary/aromatic N) is 1. The van der Waals surface area contributed by atoms with Gasteiger partial charge in [0.1, 0.15) is 16.3 Å². The van der Waals surface area contributed by atoms with Gasteiger partial charge in [-0.25, -0.2) is 9.78 Å². The molecular weight excluding hydrogens is 392 g/mol. The number of nitrogens with one attached hydrogen (secondary N) is 1. The van der Waals surface area contributed by atoms with Crippen LogP contribution in [-0.2, 0) is 9.53 Å². The molecule has 0 fully saturated rings. The zero-order valence-electron chi connectivity index (χ0n) is 16.3. The van der Waals surface area contributed by atoms with Crippen LogP contribution >= 0.6 is 11.3 Å². The SMILES string of the molecule is CCOC(=O)c1sc2nc(C)cc(C)c2c1NC(=O)[C@H]1COc2ccccc2O1. The maximum Gasteiger partial charge on any atom is 0.350 e. The van der Waals surface area contributed by atoms with E-state index < -0.39 is 18.0 Å². The number of benzene rings is 1. The van der Waals surface area contributed by atoms with Crippen molar-refractivity contribution in [1.82, 2.24) is 4.98 Å². The number of anilines is 1. The molecule has 0 saturated heterocycles. The first-order valence-corrected chi connectivity index (χ1v) is 10.1. The van der Waals surface area contributed by atoms with E-state index in [1.165, 1.54) is 11.3 Å². The number of pyridine rings is 1. The Morgan fingerprint density at radius 3 is 2.79 bits per heavy atom. The molecule has 0 aliphatic carbocycles. The van der Waals surface area contributed by atoms with Gasteiger partial charge >= 0.3 is 5.97 Å². The first kappa shape index (κ1) is 19.2. The third-order valence-electron chi connectivity index (χ3n) is 4.50. The summed E-state index contributed by atoms with van der Waals surface area (Å²) in [5, 5.41) is 3.59. The number of carbonyl (C=O) groups is 2. The number of hydrogen-bond donors (Lipinski definition) is 1. The van der Waals surface area contributed by atoms with Gasteiger partial charge in [-0.1, -0.05) is 12.1 Å². The second-order valence-electron chi connectivity index (χ2n) is 6.64. The molecular formula is C21H20N2O5S. The molecule has 1 amide bonds. The van der Waals surface area contributed by atoms with Crippen LogP contribution in [0, 0.1) is 13.8 Å². The fourth-order valence-electron chi connectivity index (χ4n) is 3.25. The van der Waals surface area contributed by atoms with Gasteiger partial charge in [0.2, 0.25) is 6.10 Å². The number of amides is 1. The highest BCUT2D eigenvalue weighted by atomic mass is 32.1. The topological polar surface area (TPSA) is 86.8 Å². The molecule has 0 radical (unpaired) electrons. The lowest BCUT2D eigenvalue weighted by atomic mass is 10.1. The fourth-order valence-corrected chi connectivity index (χ4v) is 4.40. The summed E-state index contributed by atoms with van der Waals surface area (Å²) >= 11 is 1.21. The number of esters is 1. The van der Waals surface area contributed by atoms with E-state index in [9.17, 15) is 9.59 Å². The summed E-state index contributed by atoms with van der Waals surface area (Å²) in [4.78, 5) is 31.0. The molecule has 4 rings (SSSR count). The molecule has 8 heteroatoms. The Morgan fingerprint density at radius 1 is 1.28 bits per heavy atom. The number of fused-ring (bicyclic) bond motifs is 2. The summed E-state index contributed by atoms with van der Waals surface area (Å²) < 4.78 is 16.6. The molecule has 0 unspecified atom stereocenters. The average Bonchev–Trinajstić information content (AvgIpc) is 3.06. The molecule has 0 bridgehead atoms. The van der Waals surface area contributed by atoms with Crippen molar-refractivity contribution >= 4 is 39.1 Å². The Hall–Kier alpha value is -3.13. The Kier molecular flexibility index (Phi) is 5.10. The van der Waals surface area contributed by atoms with Crippen molar-refractivity contribution in [3.63, 3.8) is 0 Å². The molecule has 29 heavy (non-hydrogen) atoms. The number of aryl methyl sites for hydroxylation is 2. The predicted molar refractivity (Wildman–Crippen MR) is 110 cm³/mol. The van der Waals surface area contributed by atoms with Crippen LogP contribution < -0.4 is 14.8 Å². The van der Waals surface area contributed by atoms with Gasteiger partial charge in [0.25, 0.3) is 5.91 Å². The third-order valence-corrected chi connectivity index (χ3v) is 5.56. The van der Waals surface area contributed by atoms with Crippen LogP contribution in [0.3, 0.4) is 0 Å². The lowest BCUT2D eigenvalue weighted by molar-refractivity contribution is -0.125. The van der Waals surface area contributed by atoms with E-state index in [1.54, 1.807) is 19.1 Å². The lowest BCUT2D eigenvalue weighted by Crippen LogP contribution is -2.40. The summed E-state index contributed by atoms with van der Waals surface area (Å²) in [5.74, 6) is 0.215. The minimum atomic E-state index is -0.839. The van der Waals surface area contributed by atoms with E-state index in [0.717, 1.165) is 16.6 Å². The summed E-state index contributed by atoms with van der Waals surface area (Å²) in [6.45, 7) is 5.87. The minimum absolute atomic E-state index is 0.0794. The number of carbonyl (C=O) groups excluding carboxylic acids is 2. The first-order chi connectivity index (χ1) is 14.0. The maximum atomic E-state index is 12.9. The summed E-state index contributed by atoms with van der Waals surface area (Å²) in [5.41, 5.74) is 2.16. The van der Waals surface area contributed by atoms with Gasteiger partial charge in [0.15, 0.2) is 11.5 Å². The van der Waals surface area contributed by atoms with Crippen molar-refractivity contribution in [2.24, 2.45) is 0 Å². The number of ether oxygens (including phenoxy) is 3. The van der Waals surface area contributed by atoms with Gasteiger partial charge in [-0.3, -0.25) is 4.79 Å².